The molecule has 124 valence electrons. The Morgan fingerprint density at radius 3 is 2.87 bits per heavy atom. The first kappa shape index (κ1) is 16.1. The third-order valence-electron chi connectivity index (χ3n) is 4.47. The van der Waals surface area contributed by atoms with Crippen LogP contribution in [0.3, 0.4) is 0 Å². The van der Waals surface area contributed by atoms with Gasteiger partial charge in [-0.15, -0.1) is 11.6 Å². The summed E-state index contributed by atoms with van der Waals surface area (Å²) >= 11 is 5.73. The van der Waals surface area contributed by atoms with E-state index in [-0.39, 0.29) is 36.7 Å². The van der Waals surface area contributed by atoms with Gasteiger partial charge in [0.1, 0.15) is 12.7 Å². The van der Waals surface area contributed by atoms with Gasteiger partial charge in [0.2, 0.25) is 0 Å². The molecule has 0 spiro atoms. The highest BCUT2D eigenvalue weighted by atomic mass is 35.5. The van der Waals surface area contributed by atoms with Crippen molar-refractivity contribution in [2.75, 3.05) is 12.4 Å². The van der Waals surface area contributed by atoms with Crippen molar-refractivity contribution in [2.24, 2.45) is 5.92 Å². The fraction of sp³-hybridized carbons (Fsp3) is 0.529. The third kappa shape index (κ3) is 3.44. The van der Waals surface area contributed by atoms with Crippen molar-refractivity contribution in [1.29, 1.82) is 0 Å². The molecule has 2 aliphatic heterocycles. The van der Waals surface area contributed by atoms with Gasteiger partial charge in [0.15, 0.2) is 0 Å². The van der Waals surface area contributed by atoms with Gasteiger partial charge in [0, 0.05) is 12.4 Å². The van der Waals surface area contributed by atoms with E-state index in [1.54, 1.807) is 4.90 Å². The highest BCUT2D eigenvalue weighted by Gasteiger charge is 2.52. The lowest BCUT2D eigenvalue weighted by Gasteiger charge is -2.26. The minimum absolute atomic E-state index is 0.201. The van der Waals surface area contributed by atoms with Crippen LogP contribution >= 0.6 is 11.6 Å². The van der Waals surface area contributed by atoms with Gasteiger partial charge < -0.3 is 14.4 Å². The van der Waals surface area contributed by atoms with Gasteiger partial charge in [0.05, 0.1) is 12.0 Å². The molecule has 1 amide bonds. The second kappa shape index (κ2) is 7.21. The fourth-order valence-electron chi connectivity index (χ4n) is 3.36. The number of carbonyl (C=O) groups excluding carboxylic acids is 2. The number of likely N-dealkylation sites (tertiary alicyclic amines) is 1. The molecule has 6 heteroatoms. The standard InChI is InChI=1S/C17H20ClNO4/c18-9-4-7-14-15-13(16(20)23-14)8-10-19(15)17(21)22-11-12-5-2-1-3-6-12/h1-3,5-6,13-15H,4,7-11H2/t13-,14+,15+/m1/s1. The van der Waals surface area contributed by atoms with Gasteiger partial charge in [-0.2, -0.15) is 0 Å². The molecule has 5 nitrogen and oxygen atoms in total. The van der Waals surface area contributed by atoms with Crippen molar-refractivity contribution in [2.45, 2.75) is 38.0 Å². The number of hydrogen-bond acceptors (Lipinski definition) is 4. The van der Waals surface area contributed by atoms with Crippen LogP contribution in [0.2, 0.25) is 0 Å². The van der Waals surface area contributed by atoms with Crippen molar-refractivity contribution < 1.29 is 19.1 Å². The van der Waals surface area contributed by atoms with E-state index in [4.69, 9.17) is 21.1 Å². The van der Waals surface area contributed by atoms with Gasteiger partial charge in [-0.05, 0) is 24.8 Å². The van der Waals surface area contributed by atoms with Gasteiger partial charge in [-0.3, -0.25) is 4.79 Å². The third-order valence-corrected chi connectivity index (χ3v) is 4.73. The Labute approximate surface area is 140 Å². The summed E-state index contributed by atoms with van der Waals surface area (Å²) < 4.78 is 10.8. The van der Waals surface area contributed by atoms with Crippen LogP contribution in [0.5, 0.6) is 0 Å². The highest BCUT2D eigenvalue weighted by Crippen LogP contribution is 2.37. The van der Waals surface area contributed by atoms with Crippen molar-refractivity contribution in [3.63, 3.8) is 0 Å². The Balaban J connectivity index is 1.62. The summed E-state index contributed by atoms with van der Waals surface area (Å²) in [7, 11) is 0. The maximum absolute atomic E-state index is 12.4. The van der Waals surface area contributed by atoms with Gasteiger partial charge in [-0.1, -0.05) is 30.3 Å². The Hall–Kier alpha value is -1.75. The Bertz CT molecular complexity index is 565. The number of alkyl halides is 1. The molecule has 0 radical (unpaired) electrons. The second-order valence-electron chi connectivity index (χ2n) is 5.93. The molecule has 2 aliphatic rings. The van der Waals surface area contributed by atoms with E-state index in [0.717, 1.165) is 12.0 Å². The molecule has 2 heterocycles. The molecule has 1 aromatic carbocycles. The SMILES string of the molecule is O=C1O[C@@H](CCCCl)[C@@H]2[C@H]1CCN2C(=O)OCc1ccccc1. The fourth-order valence-corrected chi connectivity index (χ4v) is 3.52. The average Bonchev–Trinajstić information content (AvgIpc) is 3.14. The van der Waals surface area contributed by atoms with Crippen LogP contribution in [0.15, 0.2) is 30.3 Å². The molecule has 0 bridgehead atoms. The minimum atomic E-state index is -0.379. The molecular formula is C17H20ClNO4. The van der Waals surface area contributed by atoms with E-state index >= 15 is 0 Å². The molecule has 0 unspecified atom stereocenters. The zero-order valence-electron chi connectivity index (χ0n) is 12.8. The molecule has 3 atom stereocenters. The summed E-state index contributed by atoms with van der Waals surface area (Å²) in [5.41, 5.74) is 0.939. The lowest BCUT2D eigenvalue weighted by Crippen LogP contribution is -2.43. The van der Waals surface area contributed by atoms with E-state index in [1.807, 2.05) is 30.3 Å². The smallest absolute Gasteiger partial charge is 0.410 e. The molecule has 0 aromatic heterocycles. The summed E-state index contributed by atoms with van der Waals surface area (Å²) in [6, 6.07) is 9.33. The topological polar surface area (TPSA) is 55.8 Å². The quantitative estimate of drug-likeness (QED) is 0.612. The lowest BCUT2D eigenvalue weighted by molar-refractivity contribution is -0.144. The maximum atomic E-state index is 12.4. The second-order valence-corrected chi connectivity index (χ2v) is 6.30. The zero-order valence-corrected chi connectivity index (χ0v) is 13.6. The largest absolute Gasteiger partial charge is 0.460 e. The monoisotopic (exact) mass is 337 g/mol. The number of benzene rings is 1. The van der Waals surface area contributed by atoms with E-state index in [2.05, 4.69) is 0 Å². The molecular weight excluding hydrogens is 318 g/mol. The summed E-state index contributed by atoms with van der Waals surface area (Å²) in [5.74, 6) is 0.0942. The number of carbonyl (C=O) groups is 2. The molecule has 0 aliphatic carbocycles. The predicted octanol–water partition coefficient (Wildman–Crippen LogP) is 2.96. The van der Waals surface area contributed by atoms with Crippen molar-refractivity contribution in [3.05, 3.63) is 35.9 Å². The predicted molar refractivity (Wildman–Crippen MR) is 85.1 cm³/mol. The number of fused-ring (bicyclic) bond motifs is 1. The summed E-state index contributed by atoms with van der Waals surface area (Å²) in [5, 5.41) is 0. The van der Waals surface area contributed by atoms with Gasteiger partial charge in [-0.25, -0.2) is 4.79 Å². The minimum Gasteiger partial charge on any atom is -0.460 e. The molecule has 3 rings (SSSR count). The van der Waals surface area contributed by atoms with E-state index in [0.29, 0.717) is 25.3 Å². The summed E-state index contributed by atoms with van der Waals surface area (Å²) in [4.78, 5) is 26.0. The first-order chi connectivity index (χ1) is 11.2. The molecule has 2 saturated heterocycles. The normalized spacial score (nSPS) is 26.0. The number of rotatable bonds is 5. The maximum Gasteiger partial charge on any atom is 0.410 e. The Morgan fingerprint density at radius 2 is 2.13 bits per heavy atom. The number of halogens is 1. The van der Waals surface area contributed by atoms with E-state index < -0.39 is 0 Å². The van der Waals surface area contributed by atoms with Gasteiger partial charge >= 0.3 is 12.1 Å². The van der Waals surface area contributed by atoms with Crippen LogP contribution in [0.4, 0.5) is 4.79 Å². The molecule has 0 N–H and O–H groups in total. The van der Waals surface area contributed by atoms with Crippen LogP contribution < -0.4 is 0 Å². The van der Waals surface area contributed by atoms with Crippen molar-refractivity contribution in [3.8, 4) is 0 Å². The highest BCUT2D eigenvalue weighted by molar-refractivity contribution is 6.17. The summed E-state index contributed by atoms with van der Waals surface area (Å²) in [6.07, 6.45) is 1.43. The number of amides is 1. The van der Waals surface area contributed by atoms with Crippen LogP contribution in [-0.2, 0) is 20.9 Å². The van der Waals surface area contributed by atoms with Gasteiger partial charge in [0.25, 0.3) is 0 Å². The van der Waals surface area contributed by atoms with Crippen LogP contribution in [-0.4, -0.2) is 41.5 Å². The van der Waals surface area contributed by atoms with Crippen LogP contribution in [0, 0.1) is 5.92 Å². The average molecular weight is 338 g/mol. The van der Waals surface area contributed by atoms with Crippen LogP contribution in [0.25, 0.3) is 0 Å². The van der Waals surface area contributed by atoms with E-state index in [9.17, 15) is 9.59 Å². The number of esters is 1. The summed E-state index contributed by atoms with van der Waals surface area (Å²) in [6.45, 7) is 0.768. The lowest BCUT2D eigenvalue weighted by atomic mass is 9.97. The first-order valence-corrected chi connectivity index (χ1v) is 8.48. The molecule has 23 heavy (non-hydrogen) atoms. The number of cyclic esters (lactones) is 1. The number of ether oxygens (including phenoxy) is 2. The van der Waals surface area contributed by atoms with Crippen LogP contribution in [0.1, 0.15) is 24.8 Å². The Morgan fingerprint density at radius 1 is 1.35 bits per heavy atom. The number of nitrogens with zero attached hydrogens (tertiary/aromatic N) is 1. The Kier molecular flexibility index (Phi) is 5.06. The zero-order chi connectivity index (χ0) is 16.2. The molecule has 1 aromatic rings. The van der Waals surface area contributed by atoms with Crippen molar-refractivity contribution in [1.82, 2.24) is 4.90 Å². The number of hydrogen-bond donors (Lipinski definition) is 0. The first-order valence-electron chi connectivity index (χ1n) is 7.94. The molecule has 2 fully saturated rings. The van der Waals surface area contributed by atoms with Crippen molar-refractivity contribution >= 4 is 23.7 Å². The van der Waals surface area contributed by atoms with E-state index in [1.165, 1.54) is 0 Å². The molecule has 0 saturated carbocycles.